The van der Waals surface area contributed by atoms with Gasteiger partial charge in [-0.2, -0.15) is 0 Å². The number of carbonyl (C=O) groups is 2. The number of carbonyl (C=O) groups excluding carboxylic acids is 1. The van der Waals surface area contributed by atoms with Crippen LogP contribution >= 0.6 is 0 Å². The van der Waals surface area contributed by atoms with Crippen LogP contribution in [0.25, 0.3) is 0 Å². The predicted molar refractivity (Wildman–Crippen MR) is 55.9 cm³/mol. The van der Waals surface area contributed by atoms with Gasteiger partial charge in [0, 0.05) is 19.6 Å². The van der Waals surface area contributed by atoms with E-state index in [1.807, 2.05) is 6.92 Å². The molecule has 0 aromatic heterocycles. The highest BCUT2D eigenvalue weighted by Crippen LogP contribution is 2.26. The molecule has 2 aliphatic rings. The average Bonchev–Trinajstić information content (AvgIpc) is 2.65. The van der Waals surface area contributed by atoms with E-state index in [-0.39, 0.29) is 18.1 Å². The number of nitrogens with zero attached hydrogens (tertiary/aromatic N) is 1. The molecule has 3 unspecified atom stereocenters. The SMILES string of the molecule is CC1OCCC1N1CC(C(=O)O)CCC1=O. The van der Waals surface area contributed by atoms with Gasteiger partial charge in [0.1, 0.15) is 0 Å². The zero-order valence-electron chi connectivity index (χ0n) is 9.39. The highest BCUT2D eigenvalue weighted by Gasteiger charge is 2.38. The Labute approximate surface area is 94.4 Å². The van der Waals surface area contributed by atoms with Gasteiger partial charge in [-0.3, -0.25) is 9.59 Å². The second kappa shape index (κ2) is 4.41. The van der Waals surface area contributed by atoms with Crippen LogP contribution in [-0.2, 0) is 14.3 Å². The first-order valence-electron chi connectivity index (χ1n) is 5.73. The molecule has 2 fully saturated rings. The molecule has 1 amide bonds. The van der Waals surface area contributed by atoms with E-state index in [0.29, 0.717) is 26.0 Å². The first-order valence-corrected chi connectivity index (χ1v) is 5.73. The molecule has 0 spiro atoms. The summed E-state index contributed by atoms with van der Waals surface area (Å²) in [5.41, 5.74) is 0. The van der Waals surface area contributed by atoms with Gasteiger partial charge >= 0.3 is 5.97 Å². The van der Waals surface area contributed by atoms with Crippen LogP contribution in [0, 0.1) is 5.92 Å². The lowest BCUT2D eigenvalue weighted by atomic mass is 9.95. The van der Waals surface area contributed by atoms with Crippen molar-refractivity contribution < 1.29 is 19.4 Å². The van der Waals surface area contributed by atoms with Gasteiger partial charge in [-0.1, -0.05) is 0 Å². The van der Waals surface area contributed by atoms with Gasteiger partial charge in [-0.25, -0.2) is 0 Å². The van der Waals surface area contributed by atoms with Crippen molar-refractivity contribution in [3.63, 3.8) is 0 Å². The van der Waals surface area contributed by atoms with Gasteiger partial charge < -0.3 is 14.7 Å². The maximum absolute atomic E-state index is 11.8. The molecule has 2 heterocycles. The maximum atomic E-state index is 11.8. The summed E-state index contributed by atoms with van der Waals surface area (Å²) < 4.78 is 5.42. The molecule has 5 heteroatoms. The Morgan fingerprint density at radius 2 is 2.25 bits per heavy atom. The van der Waals surface area contributed by atoms with Gasteiger partial charge in [0.15, 0.2) is 0 Å². The normalized spacial score (nSPS) is 35.4. The van der Waals surface area contributed by atoms with Crippen LogP contribution in [0.3, 0.4) is 0 Å². The fraction of sp³-hybridized carbons (Fsp3) is 0.818. The van der Waals surface area contributed by atoms with Crippen molar-refractivity contribution in [1.82, 2.24) is 4.90 Å². The average molecular weight is 227 g/mol. The van der Waals surface area contributed by atoms with Crippen LogP contribution in [0.4, 0.5) is 0 Å². The molecule has 0 aromatic rings. The predicted octanol–water partition coefficient (Wildman–Crippen LogP) is 0.487. The molecule has 0 saturated carbocycles. The van der Waals surface area contributed by atoms with E-state index in [1.54, 1.807) is 4.90 Å². The molecule has 16 heavy (non-hydrogen) atoms. The second-order valence-corrected chi connectivity index (χ2v) is 4.55. The Hall–Kier alpha value is -1.10. The fourth-order valence-electron chi connectivity index (χ4n) is 2.52. The van der Waals surface area contributed by atoms with E-state index in [1.165, 1.54) is 0 Å². The van der Waals surface area contributed by atoms with Crippen molar-refractivity contribution >= 4 is 11.9 Å². The second-order valence-electron chi connectivity index (χ2n) is 4.55. The molecule has 0 aliphatic carbocycles. The molecule has 2 rings (SSSR count). The third kappa shape index (κ3) is 2.04. The number of amides is 1. The third-order valence-electron chi connectivity index (χ3n) is 3.53. The fourth-order valence-corrected chi connectivity index (χ4v) is 2.52. The number of hydrogen-bond acceptors (Lipinski definition) is 3. The topological polar surface area (TPSA) is 66.8 Å². The van der Waals surface area contributed by atoms with Crippen molar-refractivity contribution in [2.24, 2.45) is 5.92 Å². The van der Waals surface area contributed by atoms with Crippen LogP contribution in [-0.4, -0.2) is 47.2 Å². The van der Waals surface area contributed by atoms with Crippen LogP contribution in [0.2, 0.25) is 0 Å². The molecular formula is C11H17NO4. The van der Waals surface area contributed by atoms with Gasteiger partial charge in [-0.15, -0.1) is 0 Å². The minimum Gasteiger partial charge on any atom is -0.481 e. The number of aliphatic carboxylic acids is 1. The molecule has 2 saturated heterocycles. The summed E-state index contributed by atoms with van der Waals surface area (Å²) in [4.78, 5) is 24.4. The largest absolute Gasteiger partial charge is 0.481 e. The minimum absolute atomic E-state index is 0.0245. The quantitative estimate of drug-likeness (QED) is 0.745. The standard InChI is InChI=1S/C11H17NO4/c1-7-9(4-5-16-7)12-6-8(11(14)15)2-3-10(12)13/h7-9H,2-6H2,1H3,(H,14,15). The number of likely N-dealkylation sites (tertiary alicyclic amines) is 1. The minimum atomic E-state index is -0.802. The van der Waals surface area contributed by atoms with Gasteiger partial charge in [0.05, 0.1) is 18.1 Å². The molecular weight excluding hydrogens is 210 g/mol. The summed E-state index contributed by atoms with van der Waals surface area (Å²) in [6.07, 6.45) is 1.66. The molecule has 0 bridgehead atoms. The van der Waals surface area contributed by atoms with E-state index < -0.39 is 11.9 Å². The number of carboxylic acids is 1. The molecule has 2 aliphatic heterocycles. The van der Waals surface area contributed by atoms with Crippen LogP contribution in [0.15, 0.2) is 0 Å². The first kappa shape index (κ1) is 11.4. The summed E-state index contributed by atoms with van der Waals surface area (Å²) in [5, 5.41) is 8.98. The maximum Gasteiger partial charge on any atom is 0.308 e. The summed E-state index contributed by atoms with van der Waals surface area (Å²) >= 11 is 0. The lowest BCUT2D eigenvalue weighted by molar-refractivity contribution is -0.149. The van der Waals surface area contributed by atoms with Crippen LogP contribution in [0.1, 0.15) is 26.2 Å². The van der Waals surface area contributed by atoms with E-state index in [4.69, 9.17) is 9.84 Å². The highest BCUT2D eigenvalue weighted by atomic mass is 16.5. The Bertz CT molecular complexity index is 304. The lowest BCUT2D eigenvalue weighted by Crippen LogP contribution is -2.50. The Balaban J connectivity index is 2.06. The Morgan fingerprint density at radius 1 is 1.50 bits per heavy atom. The smallest absolute Gasteiger partial charge is 0.308 e. The summed E-state index contributed by atoms with van der Waals surface area (Å²) in [6.45, 7) is 2.94. The summed E-state index contributed by atoms with van der Waals surface area (Å²) in [6, 6.07) is 0.0645. The van der Waals surface area contributed by atoms with E-state index in [0.717, 1.165) is 6.42 Å². The van der Waals surface area contributed by atoms with E-state index >= 15 is 0 Å². The van der Waals surface area contributed by atoms with Gasteiger partial charge in [0.2, 0.25) is 5.91 Å². The number of ether oxygens (including phenoxy) is 1. The third-order valence-corrected chi connectivity index (χ3v) is 3.53. The number of hydrogen-bond donors (Lipinski definition) is 1. The van der Waals surface area contributed by atoms with Crippen LogP contribution < -0.4 is 0 Å². The molecule has 0 radical (unpaired) electrons. The van der Waals surface area contributed by atoms with E-state index in [2.05, 4.69) is 0 Å². The zero-order valence-corrected chi connectivity index (χ0v) is 9.39. The Morgan fingerprint density at radius 3 is 2.81 bits per heavy atom. The first-order chi connectivity index (χ1) is 7.59. The van der Waals surface area contributed by atoms with Crippen molar-refractivity contribution in [2.45, 2.75) is 38.3 Å². The van der Waals surface area contributed by atoms with Crippen molar-refractivity contribution in [3.05, 3.63) is 0 Å². The lowest BCUT2D eigenvalue weighted by Gasteiger charge is -2.36. The molecule has 90 valence electrons. The molecule has 1 N–H and O–H groups in total. The zero-order chi connectivity index (χ0) is 11.7. The summed E-state index contributed by atoms with van der Waals surface area (Å²) in [7, 11) is 0. The highest BCUT2D eigenvalue weighted by molar-refractivity contribution is 5.80. The van der Waals surface area contributed by atoms with E-state index in [9.17, 15) is 9.59 Å². The van der Waals surface area contributed by atoms with Crippen molar-refractivity contribution in [1.29, 1.82) is 0 Å². The Kier molecular flexibility index (Phi) is 3.14. The number of rotatable bonds is 2. The van der Waals surface area contributed by atoms with Crippen LogP contribution in [0.5, 0.6) is 0 Å². The summed E-state index contributed by atoms with van der Waals surface area (Å²) in [5.74, 6) is -1.14. The number of carboxylic acid groups (broad SMARTS) is 1. The molecule has 5 nitrogen and oxygen atoms in total. The number of piperidine rings is 1. The monoisotopic (exact) mass is 227 g/mol. The molecule has 0 aromatic carbocycles. The van der Waals surface area contributed by atoms with Crippen molar-refractivity contribution in [2.75, 3.05) is 13.2 Å². The van der Waals surface area contributed by atoms with Gasteiger partial charge in [0.25, 0.3) is 0 Å². The van der Waals surface area contributed by atoms with Gasteiger partial charge in [-0.05, 0) is 19.8 Å². The molecule has 3 atom stereocenters. The van der Waals surface area contributed by atoms with Crippen molar-refractivity contribution in [3.8, 4) is 0 Å².